The SMILES string of the molecule is CCOC(c1noc(C(C)C(O)C(F)(F)F)n1)C1CC1. The van der Waals surface area contributed by atoms with Crippen molar-refractivity contribution >= 4 is 0 Å². The van der Waals surface area contributed by atoms with Crippen LogP contribution in [-0.4, -0.2) is 34.1 Å². The van der Waals surface area contributed by atoms with Gasteiger partial charge in [-0.1, -0.05) is 12.1 Å². The Bertz CT molecular complexity index is 445. The van der Waals surface area contributed by atoms with Crippen LogP contribution in [0.1, 0.15) is 50.4 Å². The predicted octanol–water partition coefficient (Wildman–Crippen LogP) is 2.58. The van der Waals surface area contributed by atoms with Gasteiger partial charge in [0.2, 0.25) is 11.7 Å². The number of hydrogen-bond donors (Lipinski definition) is 1. The van der Waals surface area contributed by atoms with E-state index in [1.807, 2.05) is 6.92 Å². The second-order valence-corrected chi connectivity index (χ2v) is 4.98. The topological polar surface area (TPSA) is 68.4 Å². The molecule has 5 nitrogen and oxygen atoms in total. The largest absolute Gasteiger partial charge is 0.415 e. The molecule has 1 aromatic rings. The van der Waals surface area contributed by atoms with Gasteiger partial charge in [0.25, 0.3) is 0 Å². The summed E-state index contributed by atoms with van der Waals surface area (Å²) in [6.45, 7) is 3.49. The number of ether oxygens (including phenoxy) is 1. The Kier molecular flexibility index (Phi) is 4.33. The number of aliphatic hydroxyl groups is 1. The van der Waals surface area contributed by atoms with E-state index >= 15 is 0 Å². The molecule has 1 fully saturated rings. The first-order valence-electron chi connectivity index (χ1n) is 6.54. The van der Waals surface area contributed by atoms with Gasteiger partial charge in [0.1, 0.15) is 6.10 Å². The first-order valence-corrected chi connectivity index (χ1v) is 6.54. The molecule has 1 aliphatic carbocycles. The summed E-state index contributed by atoms with van der Waals surface area (Å²) in [6, 6.07) is 0. The fourth-order valence-corrected chi connectivity index (χ4v) is 1.97. The van der Waals surface area contributed by atoms with Crippen LogP contribution in [0.25, 0.3) is 0 Å². The van der Waals surface area contributed by atoms with Crippen LogP contribution >= 0.6 is 0 Å². The normalized spacial score (nSPS) is 20.7. The van der Waals surface area contributed by atoms with Crippen LogP contribution in [-0.2, 0) is 4.74 Å². The van der Waals surface area contributed by atoms with E-state index in [9.17, 15) is 18.3 Å². The average molecular weight is 294 g/mol. The molecule has 8 heteroatoms. The lowest BCUT2D eigenvalue weighted by molar-refractivity contribution is -0.210. The summed E-state index contributed by atoms with van der Waals surface area (Å²) in [5.41, 5.74) is 0. The number of aliphatic hydroxyl groups excluding tert-OH is 1. The number of hydrogen-bond acceptors (Lipinski definition) is 5. The lowest BCUT2D eigenvalue weighted by Crippen LogP contribution is -2.33. The van der Waals surface area contributed by atoms with Crippen LogP contribution in [0.5, 0.6) is 0 Å². The Labute approximate surface area is 114 Å². The fourth-order valence-electron chi connectivity index (χ4n) is 1.97. The number of nitrogens with zero attached hydrogens (tertiary/aromatic N) is 2. The van der Waals surface area contributed by atoms with Gasteiger partial charge < -0.3 is 14.4 Å². The van der Waals surface area contributed by atoms with Gasteiger partial charge in [-0.25, -0.2) is 0 Å². The highest BCUT2D eigenvalue weighted by atomic mass is 19.4. The summed E-state index contributed by atoms with van der Waals surface area (Å²) in [5.74, 6) is -0.985. The van der Waals surface area contributed by atoms with Crippen molar-refractivity contribution < 1.29 is 27.5 Å². The summed E-state index contributed by atoms with van der Waals surface area (Å²) < 4.78 is 47.7. The van der Waals surface area contributed by atoms with Gasteiger partial charge in [-0.2, -0.15) is 18.2 Å². The zero-order valence-electron chi connectivity index (χ0n) is 11.2. The third-order valence-corrected chi connectivity index (χ3v) is 3.31. The minimum atomic E-state index is -4.72. The van der Waals surface area contributed by atoms with E-state index in [1.54, 1.807) is 0 Å². The molecule has 114 valence electrons. The monoisotopic (exact) mass is 294 g/mol. The summed E-state index contributed by atoms with van der Waals surface area (Å²) in [6.07, 6.45) is -5.62. The van der Waals surface area contributed by atoms with E-state index in [-0.39, 0.29) is 17.8 Å². The van der Waals surface area contributed by atoms with Crippen LogP contribution < -0.4 is 0 Å². The van der Waals surface area contributed by atoms with Gasteiger partial charge >= 0.3 is 6.18 Å². The van der Waals surface area contributed by atoms with Gasteiger partial charge in [-0.3, -0.25) is 0 Å². The Hall–Kier alpha value is -1.15. The number of rotatable bonds is 6. The highest BCUT2D eigenvalue weighted by molar-refractivity contribution is 5.02. The minimum Gasteiger partial charge on any atom is -0.383 e. The van der Waals surface area contributed by atoms with Crippen molar-refractivity contribution in [1.29, 1.82) is 0 Å². The zero-order valence-corrected chi connectivity index (χ0v) is 11.2. The van der Waals surface area contributed by atoms with Crippen molar-refractivity contribution in [2.75, 3.05) is 6.61 Å². The number of aromatic nitrogens is 2. The number of alkyl halides is 3. The van der Waals surface area contributed by atoms with Crippen molar-refractivity contribution in [3.05, 3.63) is 11.7 Å². The second kappa shape index (κ2) is 5.69. The van der Waals surface area contributed by atoms with E-state index in [2.05, 4.69) is 10.1 Å². The molecule has 20 heavy (non-hydrogen) atoms. The van der Waals surface area contributed by atoms with Gasteiger partial charge in [0.05, 0.1) is 5.92 Å². The number of halogens is 3. The molecule has 1 N–H and O–H groups in total. The molecule has 1 aromatic heterocycles. The molecule has 3 unspecified atom stereocenters. The zero-order chi connectivity index (χ0) is 14.9. The lowest BCUT2D eigenvalue weighted by Gasteiger charge is -2.18. The van der Waals surface area contributed by atoms with Crippen molar-refractivity contribution in [2.24, 2.45) is 5.92 Å². The first-order chi connectivity index (χ1) is 9.34. The molecule has 1 saturated carbocycles. The molecule has 0 radical (unpaired) electrons. The molecule has 0 spiro atoms. The molecule has 0 aromatic carbocycles. The molecule has 0 bridgehead atoms. The fraction of sp³-hybridized carbons (Fsp3) is 0.833. The first kappa shape index (κ1) is 15.2. The Balaban J connectivity index is 2.11. The van der Waals surface area contributed by atoms with Crippen LogP contribution in [0.4, 0.5) is 13.2 Å². The highest BCUT2D eigenvalue weighted by Gasteiger charge is 2.45. The van der Waals surface area contributed by atoms with Gasteiger partial charge in [-0.15, -0.1) is 0 Å². The summed E-state index contributed by atoms with van der Waals surface area (Å²) in [7, 11) is 0. The van der Waals surface area contributed by atoms with Crippen molar-refractivity contribution in [3.8, 4) is 0 Å². The average Bonchev–Trinajstić information content (AvgIpc) is 3.10. The maximum absolute atomic E-state index is 12.4. The third-order valence-electron chi connectivity index (χ3n) is 3.31. The summed E-state index contributed by atoms with van der Waals surface area (Å²) >= 11 is 0. The van der Waals surface area contributed by atoms with Crippen LogP contribution in [0.15, 0.2) is 4.52 Å². The van der Waals surface area contributed by atoms with E-state index < -0.39 is 18.2 Å². The molecular formula is C12H17F3N2O3. The van der Waals surface area contributed by atoms with Gasteiger partial charge in [0.15, 0.2) is 6.10 Å². The van der Waals surface area contributed by atoms with E-state index in [0.29, 0.717) is 12.5 Å². The highest BCUT2D eigenvalue weighted by Crippen LogP contribution is 2.42. The molecule has 1 aliphatic rings. The van der Waals surface area contributed by atoms with Crippen LogP contribution in [0.2, 0.25) is 0 Å². The van der Waals surface area contributed by atoms with Crippen LogP contribution in [0, 0.1) is 5.92 Å². The van der Waals surface area contributed by atoms with E-state index in [4.69, 9.17) is 9.26 Å². The van der Waals surface area contributed by atoms with Gasteiger partial charge in [0, 0.05) is 6.61 Å². The molecular weight excluding hydrogens is 277 g/mol. The second-order valence-electron chi connectivity index (χ2n) is 4.98. The van der Waals surface area contributed by atoms with Crippen LogP contribution in [0.3, 0.4) is 0 Å². The summed E-state index contributed by atoms with van der Waals surface area (Å²) in [4.78, 5) is 3.96. The maximum Gasteiger partial charge on any atom is 0.415 e. The lowest BCUT2D eigenvalue weighted by atomic mass is 10.0. The minimum absolute atomic E-state index is 0.227. The smallest absolute Gasteiger partial charge is 0.383 e. The van der Waals surface area contributed by atoms with Crippen molar-refractivity contribution in [3.63, 3.8) is 0 Å². The van der Waals surface area contributed by atoms with Gasteiger partial charge in [-0.05, 0) is 25.7 Å². The molecule has 3 atom stereocenters. The quantitative estimate of drug-likeness (QED) is 0.873. The molecule has 1 heterocycles. The third kappa shape index (κ3) is 3.29. The molecule has 0 saturated heterocycles. The van der Waals surface area contributed by atoms with E-state index in [1.165, 1.54) is 6.92 Å². The maximum atomic E-state index is 12.4. The Morgan fingerprint density at radius 3 is 2.60 bits per heavy atom. The van der Waals surface area contributed by atoms with Crippen molar-refractivity contribution in [2.45, 2.75) is 51.0 Å². The molecule has 0 amide bonds. The Morgan fingerprint density at radius 2 is 2.10 bits per heavy atom. The summed E-state index contributed by atoms with van der Waals surface area (Å²) in [5, 5.41) is 12.9. The van der Waals surface area contributed by atoms with E-state index in [0.717, 1.165) is 12.8 Å². The molecule has 0 aliphatic heterocycles. The molecule has 2 rings (SSSR count). The Morgan fingerprint density at radius 1 is 1.45 bits per heavy atom. The predicted molar refractivity (Wildman–Crippen MR) is 61.9 cm³/mol. The standard InChI is InChI=1S/C12H17F3N2O3/c1-3-19-8(7-4-5-7)10-16-11(20-17-10)6(2)9(18)12(13,14)15/h6-9,18H,3-5H2,1-2H3. The van der Waals surface area contributed by atoms with Crippen molar-refractivity contribution in [1.82, 2.24) is 10.1 Å².